The van der Waals surface area contributed by atoms with Gasteiger partial charge in [-0.15, -0.1) is 0 Å². The van der Waals surface area contributed by atoms with Crippen LogP contribution in [0.15, 0.2) is 82.2 Å². The number of ether oxygens (including phenoxy) is 2. The van der Waals surface area contributed by atoms with Crippen molar-refractivity contribution in [3.05, 3.63) is 82.8 Å². The van der Waals surface area contributed by atoms with E-state index in [0.717, 1.165) is 46.4 Å². The number of benzene rings is 3. The van der Waals surface area contributed by atoms with Crippen LogP contribution in [0, 0.1) is 0 Å². The van der Waals surface area contributed by atoms with Gasteiger partial charge in [-0.05, 0) is 92.4 Å². The molecule has 3 aromatic carbocycles. The summed E-state index contributed by atoms with van der Waals surface area (Å²) in [6.07, 6.45) is 5.43. The number of hydrogen-bond acceptors (Lipinski definition) is 6. The molecule has 0 spiro atoms. The Kier molecular flexibility index (Phi) is 12.3. The molecular formula is C34H42BrN3O6S. The molecule has 242 valence electrons. The van der Waals surface area contributed by atoms with E-state index in [1.807, 2.05) is 32.0 Å². The van der Waals surface area contributed by atoms with E-state index in [4.69, 9.17) is 9.47 Å². The highest BCUT2D eigenvalue weighted by Gasteiger charge is 2.34. The summed E-state index contributed by atoms with van der Waals surface area (Å²) >= 11 is 3.36. The Balaban J connectivity index is 1.72. The summed E-state index contributed by atoms with van der Waals surface area (Å²) in [5.74, 6) is 0.467. The molecule has 1 atom stereocenters. The summed E-state index contributed by atoms with van der Waals surface area (Å²) in [4.78, 5) is 29.6. The maximum absolute atomic E-state index is 14.4. The minimum absolute atomic E-state index is 0.0359. The van der Waals surface area contributed by atoms with Crippen molar-refractivity contribution in [1.82, 2.24) is 10.2 Å². The van der Waals surface area contributed by atoms with Gasteiger partial charge in [0.2, 0.25) is 11.8 Å². The molecule has 0 aliphatic heterocycles. The third kappa shape index (κ3) is 9.00. The molecule has 45 heavy (non-hydrogen) atoms. The van der Waals surface area contributed by atoms with Crippen molar-refractivity contribution in [2.75, 3.05) is 24.6 Å². The van der Waals surface area contributed by atoms with Gasteiger partial charge in [-0.3, -0.25) is 13.9 Å². The molecule has 0 unspecified atom stereocenters. The first-order valence-electron chi connectivity index (χ1n) is 15.4. The molecule has 4 rings (SSSR count). The van der Waals surface area contributed by atoms with Gasteiger partial charge in [0.25, 0.3) is 10.0 Å². The summed E-state index contributed by atoms with van der Waals surface area (Å²) in [5, 5.41) is 3.17. The molecule has 3 aromatic rings. The van der Waals surface area contributed by atoms with Crippen molar-refractivity contribution in [1.29, 1.82) is 0 Å². The van der Waals surface area contributed by atoms with Gasteiger partial charge >= 0.3 is 0 Å². The lowest BCUT2D eigenvalue weighted by molar-refractivity contribution is -0.140. The van der Waals surface area contributed by atoms with Gasteiger partial charge in [0, 0.05) is 17.1 Å². The number of methoxy groups -OCH3 is 1. The van der Waals surface area contributed by atoms with Crippen LogP contribution in [0.25, 0.3) is 0 Å². The van der Waals surface area contributed by atoms with Gasteiger partial charge in [-0.2, -0.15) is 0 Å². The highest BCUT2D eigenvalue weighted by Crippen LogP contribution is 2.28. The monoisotopic (exact) mass is 699 g/mol. The zero-order valence-corrected chi connectivity index (χ0v) is 28.5. The lowest BCUT2D eigenvalue weighted by atomic mass is 9.95. The maximum Gasteiger partial charge on any atom is 0.264 e. The summed E-state index contributed by atoms with van der Waals surface area (Å²) < 4.78 is 41.0. The molecule has 1 aliphatic carbocycles. The van der Waals surface area contributed by atoms with Crippen molar-refractivity contribution >= 4 is 43.5 Å². The van der Waals surface area contributed by atoms with E-state index < -0.39 is 28.5 Å². The summed E-state index contributed by atoms with van der Waals surface area (Å²) in [6.45, 7) is 3.77. The van der Waals surface area contributed by atoms with E-state index in [-0.39, 0.29) is 23.4 Å². The fraction of sp³-hybridized carbons (Fsp3) is 0.412. The predicted octanol–water partition coefficient (Wildman–Crippen LogP) is 6.31. The fourth-order valence-electron chi connectivity index (χ4n) is 5.57. The fourth-order valence-corrected chi connectivity index (χ4v) is 7.25. The number of halogens is 1. The van der Waals surface area contributed by atoms with Crippen molar-refractivity contribution in [3.63, 3.8) is 0 Å². The molecule has 0 saturated heterocycles. The molecule has 0 bridgehead atoms. The van der Waals surface area contributed by atoms with E-state index >= 15 is 0 Å². The van der Waals surface area contributed by atoms with Gasteiger partial charge in [-0.25, -0.2) is 8.42 Å². The number of amides is 2. The molecule has 9 nitrogen and oxygen atoms in total. The SMILES string of the molecule is CCOc1ccc(N(CC(=O)N(Cc2cccc(OC)c2)[C@H](CC)C(=O)NC2CCCCC2)S(=O)(=O)c2ccc(Br)cc2)cc1. The van der Waals surface area contributed by atoms with Crippen LogP contribution < -0.4 is 19.1 Å². The topological polar surface area (TPSA) is 105 Å². The lowest BCUT2D eigenvalue weighted by Gasteiger charge is -2.34. The van der Waals surface area contributed by atoms with Crippen LogP contribution in [0.2, 0.25) is 0 Å². The molecule has 0 heterocycles. The average molecular weight is 701 g/mol. The summed E-state index contributed by atoms with van der Waals surface area (Å²) in [7, 11) is -2.61. The molecule has 11 heteroatoms. The molecule has 1 saturated carbocycles. The highest BCUT2D eigenvalue weighted by atomic mass is 79.9. The van der Waals surface area contributed by atoms with Crippen LogP contribution in [0.4, 0.5) is 5.69 Å². The minimum Gasteiger partial charge on any atom is -0.497 e. The first kappa shape index (κ1) is 34.3. The molecule has 0 radical (unpaired) electrons. The second-order valence-electron chi connectivity index (χ2n) is 11.0. The predicted molar refractivity (Wildman–Crippen MR) is 179 cm³/mol. The first-order chi connectivity index (χ1) is 21.7. The molecule has 2 amide bonds. The van der Waals surface area contributed by atoms with Crippen LogP contribution in [0.1, 0.15) is 57.9 Å². The van der Waals surface area contributed by atoms with E-state index in [9.17, 15) is 18.0 Å². The molecule has 0 aromatic heterocycles. The van der Waals surface area contributed by atoms with E-state index in [0.29, 0.717) is 30.2 Å². The normalized spacial score (nSPS) is 14.3. The summed E-state index contributed by atoms with van der Waals surface area (Å²) in [5.41, 5.74) is 1.06. The van der Waals surface area contributed by atoms with Gasteiger partial charge in [0.15, 0.2) is 0 Å². The lowest BCUT2D eigenvalue weighted by Crippen LogP contribution is -2.54. The molecular weight excluding hydrogens is 658 g/mol. The molecule has 1 N–H and O–H groups in total. The third-order valence-corrected chi connectivity index (χ3v) is 10.3. The largest absolute Gasteiger partial charge is 0.497 e. The Labute approximate surface area is 275 Å². The first-order valence-corrected chi connectivity index (χ1v) is 17.6. The number of carbonyl (C=O) groups excluding carboxylic acids is 2. The van der Waals surface area contributed by atoms with Crippen LogP contribution in [-0.4, -0.2) is 57.5 Å². The Morgan fingerprint density at radius 3 is 2.27 bits per heavy atom. The van der Waals surface area contributed by atoms with Gasteiger partial charge in [0.05, 0.1) is 24.3 Å². The van der Waals surface area contributed by atoms with Crippen molar-refractivity contribution in [2.45, 2.75) is 75.9 Å². The van der Waals surface area contributed by atoms with Crippen LogP contribution in [0.3, 0.4) is 0 Å². The van der Waals surface area contributed by atoms with Crippen molar-refractivity contribution in [3.8, 4) is 11.5 Å². The summed E-state index contributed by atoms with van der Waals surface area (Å²) in [6, 6.07) is 19.4. The Morgan fingerprint density at radius 2 is 1.64 bits per heavy atom. The standard InChI is InChI=1S/C34H42BrN3O6S/c1-4-32(34(40)36-27-11-7-6-8-12-27)37(23-25-10-9-13-30(22-25)43-3)33(39)24-38(28-16-18-29(19-17-28)44-5-2)45(41,42)31-20-14-26(35)15-21-31/h9-10,13-22,27,32H,4-8,11-12,23-24H2,1-3H3,(H,36,40)/t32-/m1/s1. The highest BCUT2D eigenvalue weighted by molar-refractivity contribution is 9.10. The zero-order valence-electron chi connectivity index (χ0n) is 26.1. The second-order valence-corrected chi connectivity index (χ2v) is 13.8. The van der Waals surface area contributed by atoms with E-state index in [1.165, 1.54) is 17.0 Å². The number of rotatable bonds is 14. The minimum atomic E-state index is -4.18. The molecule has 1 aliphatic rings. The Hall–Kier alpha value is -3.57. The average Bonchev–Trinajstić information content (AvgIpc) is 3.04. The maximum atomic E-state index is 14.4. The van der Waals surface area contributed by atoms with Crippen molar-refractivity contribution < 1.29 is 27.5 Å². The number of nitrogens with zero attached hydrogens (tertiary/aromatic N) is 2. The van der Waals surface area contributed by atoms with Crippen molar-refractivity contribution in [2.24, 2.45) is 0 Å². The number of hydrogen-bond donors (Lipinski definition) is 1. The quantitative estimate of drug-likeness (QED) is 0.212. The third-order valence-electron chi connectivity index (χ3n) is 7.94. The number of nitrogens with one attached hydrogen (secondary N) is 1. The number of anilines is 1. The number of sulfonamides is 1. The zero-order chi connectivity index (χ0) is 32.4. The number of carbonyl (C=O) groups is 2. The van der Waals surface area contributed by atoms with Gasteiger partial charge < -0.3 is 19.7 Å². The van der Waals surface area contributed by atoms with Crippen LogP contribution in [0.5, 0.6) is 11.5 Å². The second kappa shape index (κ2) is 16.1. The van der Waals surface area contributed by atoms with Crippen LogP contribution in [-0.2, 0) is 26.2 Å². The smallest absolute Gasteiger partial charge is 0.264 e. The van der Waals surface area contributed by atoms with Gasteiger partial charge in [-0.1, -0.05) is 54.2 Å². The Bertz CT molecular complexity index is 1530. The van der Waals surface area contributed by atoms with E-state index in [2.05, 4.69) is 21.2 Å². The Morgan fingerprint density at radius 1 is 0.956 bits per heavy atom. The van der Waals surface area contributed by atoms with E-state index in [1.54, 1.807) is 49.6 Å². The van der Waals surface area contributed by atoms with Crippen LogP contribution >= 0.6 is 15.9 Å². The van der Waals surface area contributed by atoms with Gasteiger partial charge in [0.1, 0.15) is 24.1 Å². The molecule has 1 fully saturated rings.